The summed E-state index contributed by atoms with van der Waals surface area (Å²) in [6.07, 6.45) is 2.67. The van der Waals surface area contributed by atoms with Crippen LogP contribution in [-0.2, 0) is 14.3 Å². The van der Waals surface area contributed by atoms with Crippen molar-refractivity contribution in [3.05, 3.63) is 59.7 Å². The average molecular weight is 451 g/mol. The van der Waals surface area contributed by atoms with Gasteiger partial charge in [0.1, 0.15) is 6.61 Å². The number of aliphatic carboxylic acids is 1. The second kappa shape index (κ2) is 9.65. The van der Waals surface area contributed by atoms with Crippen LogP contribution in [0.2, 0.25) is 0 Å². The standard InChI is InChI=1S/C26H30N2O5/c1-17(14-24(30)31)27-23(29)15-26(12-6-7-13-26)28-25(32)33-16-22-20-10-4-2-8-18(20)19-9-3-5-11-21(19)22/h2-5,8-11,17,22H,6-7,12-16H2,1H3,(H,27,29)(H,28,32)(H,30,31)/t17-/m0/s1. The summed E-state index contributed by atoms with van der Waals surface area (Å²) in [6, 6.07) is 15.9. The summed E-state index contributed by atoms with van der Waals surface area (Å²) >= 11 is 0. The van der Waals surface area contributed by atoms with Gasteiger partial charge >= 0.3 is 12.1 Å². The van der Waals surface area contributed by atoms with Gasteiger partial charge in [0.25, 0.3) is 0 Å². The Morgan fingerprint density at radius 2 is 1.61 bits per heavy atom. The number of carbonyl (C=O) groups is 3. The van der Waals surface area contributed by atoms with E-state index in [9.17, 15) is 14.4 Å². The van der Waals surface area contributed by atoms with Gasteiger partial charge in [-0.3, -0.25) is 9.59 Å². The maximum atomic E-state index is 12.8. The number of fused-ring (bicyclic) bond motifs is 3. The number of hydrogen-bond acceptors (Lipinski definition) is 4. The number of amides is 2. The van der Waals surface area contributed by atoms with E-state index < -0.39 is 23.6 Å². The van der Waals surface area contributed by atoms with Crippen molar-refractivity contribution in [2.24, 2.45) is 0 Å². The quantitative estimate of drug-likeness (QED) is 0.559. The van der Waals surface area contributed by atoms with E-state index >= 15 is 0 Å². The predicted octanol–water partition coefficient (Wildman–Crippen LogP) is 4.21. The molecule has 0 aliphatic heterocycles. The van der Waals surface area contributed by atoms with Crippen LogP contribution in [-0.4, -0.2) is 41.3 Å². The van der Waals surface area contributed by atoms with Crippen LogP contribution < -0.4 is 10.6 Å². The molecule has 0 heterocycles. The van der Waals surface area contributed by atoms with Crippen LogP contribution in [0.5, 0.6) is 0 Å². The lowest BCUT2D eigenvalue weighted by atomic mass is 9.92. The minimum Gasteiger partial charge on any atom is -0.481 e. The van der Waals surface area contributed by atoms with Crippen LogP contribution in [0.4, 0.5) is 4.79 Å². The first-order chi connectivity index (χ1) is 15.9. The number of rotatable bonds is 8. The summed E-state index contributed by atoms with van der Waals surface area (Å²) in [5.41, 5.74) is 3.97. The molecule has 1 saturated carbocycles. The number of carboxylic acids is 1. The molecule has 0 saturated heterocycles. The molecule has 2 aliphatic carbocycles. The maximum Gasteiger partial charge on any atom is 0.407 e. The lowest BCUT2D eigenvalue weighted by Gasteiger charge is -2.30. The molecule has 7 heteroatoms. The number of hydrogen-bond donors (Lipinski definition) is 3. The van der Waals surface area contributed by atoms with E-state index in [2.05, 4.69) is 34.9 Å². The van der Waals surface area contributed by atoms with Crippen LogP contribution >= 0.6 is 0 Å². The number of benzene rings is 2. The Kier molecular flexibility index (Phi) is 6.67. The summed E-state index contributed by atoms with van der Waals surface area (Å²) in [6.45, 7) is 1.88. The molecule has 3 N–H and O–H groups in total. The minimum absolute atomic E-state index is 0.0251. The van der Waals surface area contributed by atoms with Gasteiger partial charge in [-0.2, -0.15) is 0 Å². The molecule has 1 atom stereocenters. The molecule has 0 radical (unpaired) electrons. The molecule has 0 spiro atoms. The Morgan fingerprint density at radius 3 is 2.18 bits per heavy atom. The van der Waals surface area contributed by atoms with Gasteiger partial charge < -0.3 is 20.5 Å². The van der Waals surface area contributed by atoms with Crippen molar-refractivity contribution in [2.45, 2.75) is 62.9 Å². The third-order valence-electron chi connectivity index (χ3n) is 6.66. The molecule has 7 nitrogen and oxygen atoms in total. The van der Waals surface area contributed by atoms with E-state index in [1.165, 1.54) is 11.1 Å². The van der Waals surface area contributed by atoms with Gasteiger partial charge in [-0.15, -0.1) is 0 Å². The zero-order valence-electron chi connectivity index (χ0n) is 18.8. The molecule has 2 aromatic carbocycles. The second-order valence-corrected chi connectivity index (χ2v) is 9.18. The molecule has 2 aliphatic rings. The fourth-order valence-electron chi connectivity index (χ4n) is 5.19. The molecule has 1 fully saturated rings. The normalized spacial score (nSPS) is 17.0. The topological polar surface area (TPSA) is 105 Å². The van der Waals surface area contributed by atoms with Crippen molar-refractivity contribution in [2.75, 3.05) is 6.61 Å². The first-order valence-electron chi connectivity index (χ1n) is 11.5. The molecule has 4 rings (SSSR count). The number of nitrogens with one attached hydrogen (secondary N) is 2. The zero-order chi connectivity index (χ0) is 23.4. The lowest BCUT2D eigenvalue weighted by Crippen LogP contribution is -2.50. The molecule has 0 bridgehead atoms. The average Bonchev–Trinajstić information content (AvgIpc) is 3.34. The van der Waals surface area contributed by atoms with E-state index in [1.807, 2.05) is 24.3 Å². The van der Waals surface area contributed by atoms with Crippen molar-refractivity contribution in [1.29, 1.82) is 0 Å². The highest BCUT2D eigenvalue weighted by Gasteiger charge is 2.38. The monoisotopic (exact) mass is 450 g/mol. The van der Waals surface area contributed by atoms with Crippen LogP contribution in [0.15, 0.2) is 48.5 Å². The third kappa shape index (κ3) is 5.18. The SMILES string of the molecule is C[C@@H](CC(=O)O)NC(=O)CC1(NC(=O)OCC2c3ccccc3-c3ccccc32)CCCC1. The summed E-state index contributed by atoms with van der Waals surface area (Å²) in [7, 11) is 0. The first kappa shape index (κ1) is 22.8. The molecule has 174 valence electrons. The van der Waals surface area contributed by atoms with Gasteiger partial charge in [-0.25, -0.2) is 4.79 Å². The van der Waals surface area contributed by atoms with Gasteiger partial charge in [0.2, 0.25) is 5.91 Å². The number of alkyl carbamates (subject to hydrolysis) is 1. The van der Waals surface area contributed by atoms with E-state index in [-0.39, 0.29) is 31.3 Å². The molecular weight excluding hydrogens is 420 g/mol. The zero-order valence-corrected chi connectivity index (χ0v) is 18.8. The Labute approximate surface area is 193 Å². The van der Waals surface area contributed by atoms with Crippen molar-refractivity contribution in [1.82, 2.24) is 10.6 Å². The maximum absolute atomic E-state index is 12.8. The van der Waals surface area contributed by atoms with Crippen molar-refractivity contribution < 1.29 is 24.2 Å². The van der Waals surface area contributed by atoms with Crippen LogP contribution in [0.3, 0.4) is 0 Å². The highest BCUT2D eigenvalue weighted by Crippen LogP contribution is 2.44. The van der Waals surface area contributed by atoms with E-state index in [1.54, 1.807) is 6.92 Å². The lowest BCUT2D eigenvalue weighted by molar-refractivity contribution is -0.137. The highest BCUT2D eigenvalue weighted by molar-refractivity contribution is 5.80. The molecular formula is C26H30N2O5. The van der Waals surface area contributed by atoms with E-state index in [4.69, 9.17) is 9.84 Å². The van der Waals surface area contributed by atoms with Crippen molar-refractivity contribution >= 4 is 18.0 Å². The van der Waals surface area contributed by atoms with Crippen LogP contribution in [0.1, 0.15) is 62.5 Å². The van der Waals surface area contributed by atoms with Gasteiger partial charge in [0.05, 0.1) is 12.0 Å². The fourth-order valence-corrected chi connectivity index (χ4v) is 5.19. The predicted molar refractivity (Wildman–Crippen MR) is 124 cm³/mol. The summed E-state index contributed by atoms with van der Waals surface area (Å²) in [4.78, 5) is 36.2. The summed E-state index contributed by atoms with van der Waals surface area (Å²) < 4.78 is 5.68. The van der Waals surface area contributed by atoms with Crippen LogP contribution in [0.25, 0.3) is 11.1 Å². The molecule has 33 heavy (non-hydrogen) atoms. The number of carboxylic acid groups (broad SMARTS) is 1. The molecule has 2 aromatic rings. The van der Waals surface area contributed by atoms with Gasteiger partial charge in [-0.1, -0.05) is 61.4 Å². The van der Waals surface area contributed by atoms with Crippen molar-refractivity contribution in [3.63, 3.8) is 0 Å². The van der Waals surface area contributed by atoms with Gasteiger partial charge in [-0.05, 0) is 42.0 Å². The summed E-state index contributed by atoms with van der Waals surface area (Å²) in [5.74, 6) is -1.25. The Balaban J connectivity index is 1.38. The Morgan fingerprint density at radius 1 is 1.03 bits per heavy atom. The van der Waals surface area contributed by atoms with E-state index in [0.717, 1.165) is 24.0 Å². The fraction of sp³-hybridized carbons (Fsp3) is 0.423. The Bertz CT molecular complexity index is 999. The van der Waals surface area contributed by atoms with Gasteiger partial charge in [0, 0.05) is 18.4 Å². The Hall–Kier alpha value is -3.35. The molecule has 0 aromatic heterocycles. The largest absolute Gasteiger partial charge is 0.481 e. The number of ether oxygens (including phenoxy) is 1. The summed E-state index contributed by atoms with van der Waals surface area (Å²) in [5, 5.41) is 14.6. The number of carbonyl (C=O) groups excluding carboxylic acids is 2. The van der Waals surface area contributed by atoms with E-state index in [0.29, 0.717) is 12.8 Å². The van der Waals surface area contributed by atoms with Crippen LogP contribution in [0, 0.1) is 0 Å². The first-order valence-corrected chi connectivity index (χ1v) is 11.5. The van der Waals surface area contributed by atoms with Gasteiger partial charge in [0.15, 0.2) is 0 Å². The van der Waals surface area contributed by atoms with Crippen molar-refractivity contribution in [3.8, 4) is 11.1 Å². The highest BCUT2D eigenvalue weighted by atomic mass is 16.5. The minimum atomic E-state index is -0.963. The molecule has 2 amide bonds. The second-order valence-electron chi connectivity index (χ2n) is 9.18. The smallest absolute Gasteiger partial charge is 0.407 e. The molecule has 0 unspecified atom stereocenters. The third-order valence-corrected chi connectivity index (χ3v) is 6.66.